The number of rotatable bonds is 4. The van der Waals surface area contributed by atoms with Crippen molar-refractivity contribution in [2.45, 2.75) is 13.2 Å². The molecule has 0 bridgehead atoms. The Morgan fingerprint density at radius 2 is 2.18 bits per heavy atom. The molecule has 1 aromatic heterocycles. The predicted molar refractivity (Wildman–Crippen MR) is 100 cm³/mol. The third-order valence-electron chi connectivity index (χ3n) is 4.39. The van der Waals surface area contributed by atoms with Gasteiger partial charge < -0.3 is 9.47 Å². The molecule has 0 radical (unpaired) electrons. The van der Waals surface area contributed by atoms with E-state index < -0.39 is 5.82 Å². The topological polar surface area (TPSA) is 76.1 Å². The monoisotopic (exact) mass is 380 g/mol. The highest BCUT2D eigenvalue weighted by atomic mass is 19.1. The fourth-order valence-corrected chi connectivity index (χ4v) is 2.95. The van der Waals surface area contributed by atoms with E-state index in [-0.39, 0.29) is 18.3 Å². The second-order valence-electron chi connectivity index (χ2n) is 6.25. The third kappa shape index (κ3) is 3.32. The summed E-state index contributed by atoms with van der Waals surface area (Å²) in [5.74, 6) is 0.579. The Bertz CT molecular complexity index is 1030. The molecule has 1 aromatic carbocycles. The third-order valence-corrected chi connectivity index (χ3v) is 4.39. The van der Waals surface area contributed by atoms with E-state index in [4.69, 9.17) is 9.47 Å². The van der Waals surface area contributed by atoms with Gasteiger partial charge in [0.2, 0.25) is 0 Å². The summed E-state index contributed by atoms with van der Waals surface area (Å²) in [7, 11) is 1.39. The number of aromatic nitrogens is 1. The normalized spacial score (nSPS) is 15.2. The number of hydrogen-bond donors (Lipinski definition) is 1. The summed E-state index contributed by atoms with van der Waals surface area (Å²) in [6.07, 6.45) is 4.60. The lowest BCUT2D eigenvalue weighted by atomic mass is 10.1. The van der Waals surface area contributed by atoms with Crippen molar-refractivity contribution in [2.75, 3.05) is 7.11 Å². The van der Waals surface area contributed by atoms with Crippen molar-refractivity contribution in [3.63, 3.8) is 0 Å². The summed E-state index contributed by atoms with van der Waals surface area (Å²) in [4.78, 5) is 18.2. The first-order valence-electron chi connectivity index (χ1n) is 8.52. The van der Waals surface area contributed by atoms with Gasteiger partial charge in [0, 0.05) is 17.3 Å². The molecule has 0 saturated carbocycles. The minimum Gasteiger partial charge on any atom is -0.494 e. The highest BCUT2D eigenvalue weighted by Gasteiger charge is 2.30. The molecule has 4 rings (SSSR count). The Morgan fingerprint density at radius 3 is 2.93 bits per heavy atom. The van der Waals surface area contributed by atoms with Crippen LogP contribution in [0.15, 0.2) is 60.0 Å². The van der Waals surface area contributed by atoms with Crippen LogP contribution in [0.2, 0.25) is 0 Å². The molecule has 0 fully saturated rings. The zero-order valence-electron chi connectivity index (χ0n) is 15.1. The van der Waals surface area contributed by atoms with Gasteiger partial charge in [-0.25, -0.2) is 4.39 Å². The van der Waals surface area contributed by atoms with E-state index in [1.54, 1.807) is 29.2 Å². The number of fused-ring (bicyclic) bond motifs is 1. The Morgan fingerprint density at radius 1 is 1.32 bits per heavy atom. The van der Waals surface area contributed by atoms with E-state index in [2.05, 4.69) is 22.1 Å². The summed E-state index contributed by atoms with van der Waals surface area (Å²) in [5.41, 5.74) is 5.40. The van der Waals surface area contributed by atoms with Gasteiger partial charge in [0.1, 0.15) is 12.4 Å². The zero-order chi connectivity index (χ0) is 19.7. The Balaban J connectivity index is 1.47. The van der Waals surface area contributed by atoms with Crippen LogP contribution in [0, 0.1) is 5.82 Å². The lowest BCUT2D eigenvalue weighted by Crippen LogP contribution is -2.32. The summed E-state index contributed by atoms with van der Waals surface area (Å²) in [5, 5.41) is 4.15. The van der Waals surface area contributed by atoms with Gasteiger partial charge in [-0.05, 0) is 35.9 Å². The summed E-state index contributed by atoms with van der Waals surface area (Å²) in [6, 6.07) is 6.75. The number of methoxy groups -OCH3 is 1. The number of amides is 1. The molecule has 0 aliphatic carbocycles. The van der Waals surface area contributed by atoms with Gasteiger partial charge >= 0.3 is 0 Å². The van der Waals surface area contributed by atoms with Crippen molar-refractivity contribution in [2.24, 2.45) is 5.10 Å². The Labute approximate surface area is 160 Å². The average molecular weight is 380 g/mol. The fourth-order valence-electron chi connectivity index (χ4n) is 2.95. The molecule has 0 atom stereocenters. The van der Waals surface area contributed by atoms with Crippen molar-refractivity contribution in [3.05, 3.63) is 77.5 Å². The summed E-state index contributed by atoms with van der Waals surface area (Å²) >= 11 is 0. The number of nitrogens with one attached hydrogen (secondary N) is 1. The van der Waals surface area contributed by atoms with Gasteiger partial charge in [-0.2, -0.15) is 5.10 Å². The molecule has 1 amide bonds. The van der Waals surface area contributed by atoms with Crippen LogP contribution in [0.5, 0.6) is 11.5 Å². The number of benzene rings is 1. The molecule has 8 heteroatoms. The molecule has 0 spiro atoms. The van der Waals surface area contributed by atoms with Crippen LogP contribution in [0.1, 0.15) is 21.6 Å². The van der Waals surface area contributed by atoms with E-state index in [9.17, 15) is 9.18 Å². The number of halogens is 1. The molecular weight excluding hydrogens is 363 g/mol. The molecule has 0 unspecified atom stereocenters. The maximum Gasteiger partial charge on any atom is 0.260 e. The largest absolute Gasteiger partial charge is 0.494 e. The van der Waals surface area contributed by atoms with Gasteiger partial charge in [-0.1, -0.05) is 6.58 Å². The second kappa shape index (κ2) is 7.15. The number of ether oxygens (including phenoxy) is 2. The lowest BCUT2D eigenvalue weighted by Gasteiger charge is -2.18. The number of carbonyl (C=O) groups is 1. The lowest BCUT2D eigenvalue weighted by molar-refractivity contribution is 0.0866. The molecule has 0 saturated heterocycles. The van der Waals surface area contributed by atoms with Gasteiger partial charge in [0.25, 0.3) is 5.91 Å². The van der Waals surface area contributed by atoms with E-state index in [1.165, 1.54) is 13.2 Å². The molecular formula is C20H17FN4O3. The van der Waals surface area contributed by atoms with Crippen LogP contribution in [-0.4, -0.2) is 28.7 Å². The van der Waals surface area contributed by atoms with Crippen molar-refractivity contribution in [1.29, 1.82) is 0 Å². The summed E-state index contributed by atoms with van der Waals surface area (Å²) < 4.78 is 24.1. The van der Waals surface area contributed by atoms with Crippen LogP contribution < -0.4 is 14.9 Å². The standard InChI is InChI=1S/C20H17FN4O3/c1-12-3-6-19(24-23-12)25-10-13-7-15(4-5-16(13)20(25)26)28-11-14-8-18(27-2)17(21)9-22-14/h3-9,23H,1,10-11H2,2H3. The van der Waals surface area contributed by atoms with Crippen LogP contribution in [0.4, 0.5) is 4.39 Å². The quantitative estimate of drug-likeness (QED) is 0.883. The minimum atomic E-state index is -0.528. The van der Waals surface area contributed by atoms with E-state index >= 15 is 0 Å². The molecule has 1 N–H and O–H groups in total. The van der Waals surface area contributed by atoms with Crippen LogP contribution in [-0.2, 0) is 13.2 Å². The molecule has 142 valence electrons. The SMILES string of the molecule is C=C1C=CC(N2Cc3cc(OCc4cc(OC)c(F)cn4)ccc3C2=O)=NN1. The average Bonchev–Trinajstić information content (AvgIpc) is 3.04. The highest BCUT2D eigenvalue weighted by Crippen LogP contribution is 2.28. The molecule has 2 aliphatic heterocycles. The number of amidine groups is 1. The first kappa shape index (κ1) is 17.7. The van der Waals surface area contributed by atoms with Gasteiger partial charge in [-0.3, -0.25) is 20.1 Å². The smallest absolute Gasteiger partial charge is 0.260 e. The molecule has 7 nitrogen and oxygen atoms in total. The van der Waals surface area contributed by atoms with Gasteiger partial charge in [-0.15, -0.1) is 0 Å². The Hall–Kier alpha value is -3.68. The zero-order valence-corrected chi connectivity index (χ0v) is 15.1. The number of pyridine rings is 1. The first-order chi connectivity index (χ1) is 13.5. The van der Waals surface area contributed by atoms with Gasteiger partial charge in [0.05, 0.1) is 25.5 Å². The number of allylic oxidation sites excluding steroid dienone is 1. The fraction of sp³-hybridized carbons (Fsp3) is 0.150. The summed E-state index contributed by atoms with van der Waals surface area (Å²) in [6.45, 7) is 4.29. The molecule has 28 heavy (non-hydrogen) atoms. The predicted octanol–water partition coefficient (Wildman–Crippen LogP) is 2.75. The maximum absolute atomic E-state index is 13.4. The van der Waals surface area contributed by atoms with Crippen molar-refractivity contribution in [3.8, 4) is 11.5 Å². The first-order valence-corrected chi connectivity index (χ1v) is 8.52. The molecule has 2 aliphatic rings. The van der Waals surface area contributed by atoms with E-state index in [0.717, 1.165) is 11.8 Å². The number of carbonyl (C=O) groups excluding carboxylic acids is 1. The van der Waals surface area contributed by atoms with E-state index in [0.29, 0.717) is 35.1 Å². The van der Waals surface area contributed by atoms with Crippen LogP contribution >= 0.6 is 0 Å². The van der Waals surface area contributed by atoms with Crippen molar-refractivity contribution < 1.29 is 18.7 Å². The number of hydrazone groups is 1. The van der Waals surface area contributed by atoms with Gasteiger partial charge in [0.15, 0.2) is 17.4 Å². The molecule has 2 aromatic rings. The van der Waals surface area contributed by atoms with E-state index in [1.807, 2.05) is 6.07 Å². The second-order valence-corrected chi connectivity index (χ2v) is 6.25. The highest BCUT2D eigenvalue weighted by molar-refractivity contribution is 6.13. The van der Waals surface area contributed by atoms with Crippen molar-refractivity contribution >= 4 is 11.7 Å². The number of nitrogens with zero attached hydrogens (tertiary/aromatic N) is 3. The number of hydrogen-bond acceptors (Lipinski definition) is 6. The maximum atomic E-state index is 13.4. The minimum absolute atomic E-state index is 0.112. The van der Waals surface area contributed by atoms with Crippen molar-refractivity contribution in [1.82, 2.24) is 15.3 Å². The van der Waals surface area contributed by atoms with Crippen LogP contribution in [0.25, 0.3) is 0 Å². The molecule has 3 heterocycles. The Kier molecular flexibility index (Phi) is 4.52. The van der Waals surface area contributed by atoms with Crippen LogP contribution in [0.3, 0.4) is 0 Å².